The van der Waals surface area contributed by atoms with Gasteiger partial charge >= 0.3 is 0 Å². The molecule has 0 aliphatic rings. The molecule has 37 heavy (non-hydrogen) atoms. The average molecular weight is 480 g/mol. The third kappa shape index (κ3) is 4.87. The molecule has 180 valence electrons. The van der Waals surface area contributed by atoms with Crippen LogP contribution in [-0.2, 0) is 0 Å². The summed E-state index contributed by atoms with van der Waals surface area (Å²) in [7, 11) is 0. The first kappa shape index (κ1) is 23.1. The number of hydrogen-bond acceptors (Lipinski definition) is 3. The normalized spacial score (nSPS) is 12.1. The Kier molecular flexibility index (Phi) is 6.70. The molecule has 0 unspecified atom stereocenters. The van der Waals surface area contributed by atoms with E-state index in [0.717, 1.165) is 26.2 Å². The monoisotopic (exact) mass is 479 g/mol. The molecular formula is C34H29N3. The molecule has 0 atom stereocenters. The van der Waals surface area contributed by atoms with Gasteiger partial charge in [0.2, 0.25) is 0 Å². The summed E-state index contributed by atoms with van der Waals surface area (Å²) < 4.78 is 0. The van der Waals surface area contributed by atoms with Gasteiger partial charge in [-0.1, -0.05) is 97.1 Å². The van der Waals surface area contributed by atoms with Crippen molar-refractivity contribution in [3.05, 3.63) is 120 Å². The van der Waals surface area contributed by atoms with Crippen molar-refractivity contribution < 1.29 is 0 Å². The summed E-state index contributed by atoms with van der Waals surface area (Å²) >= 11 is 0. The molecule has 0 fully saturated rings. The van der Waals surface area contributed by atoms with Crippen molar-refractivity contribution in [2.45, 2.75) is 0 Å². The fraction of sp³-hybridized carbons (Fsp3) is 0.118. The zero-order valence-corrected chi connectivity index (χ0v) is 20.8. The van der Waals surface area contributed by atoms with Gasteiger partial charge in [-0.3, -0.25) is 9.98 Å². The molecule has 0 aliphatic carbocycles. The SMILES string of the molecule is C(=NCCNCCN=Cc1c2ccccc2cc2ccccc12)c1c2ccccc2cc2ccccc12. The zero-order chi connectivity index (χ0) is 24.9. The standard InChI is InChI=1S/C34H29N3/c1-5-13-29-25(9-1)21-26-10-2-6-14-30(26)33(29)23-36-19-17-35-18-20-37-24-34-31-15-7-3-11-27(31)22-28-12-4-8-16-32(28)34/h1-16,21-24,35H,17-20H2. The van der Waals surface area contributed by atoms with Gasteiger partial charge in [-0.25, -0.2) is 0 Å². The van der Waals surface area contributed by atoms with Crippen LogP contribution >= 0.6 is 0 Å². The van der Waals surface area contributed by atoms with Crippen molar-refractivity contribution in [3.8, 4) is 0 Å². The number of hydrogen-bond donors (Lipinski definition) is 1. The number of nitrogens with zero attached hydrogens (tertiary/aromatic N) is 2. The van der Waals surface area contributed by atoms with Crippen LogP contribution in [0.25, 0.3) is 43.1 Å². The molecular weight excluding hydrogens is 450 g/mol. The van der Waals surface area contributed by atoms with E-state index in [4.69, 9.17) is 9.98 Å². The van der Waals surface area contributed by atoms with Gasteiger partial charge in [-0.05, 0) is 55.2 Å². The first-order valence-electron chi connectivity index (χ1n) is 12.9. The van der Waals surface area contributed by atoms with E-state index in [1.165, 1.54) is 54.2 Å². The molecule has 6 rings (SSSR count). The summed E-state index contributed by atoms with van der Waals surface area (Å²) in [4.78, 5) is 9.50. The van der Waals surface area contributed by atoms with Crippen molar-refractivity contribution in [3.63, 3.8) is 0 Å². The Labute approximate surface area is 217 Å². The van der Waals surface area contributed by atoms with Crippen LogP contribution in [0.15, 0.2) is 119 Å². The van der Waals surface area contributed by atoms with Crippen LogP contribution in [0, 0.1) is 0 Å². The second-order valence-corrected chi connectivity index (χ2v) is 9.29. The highest BCUT2D eigenvalue weighted by Gasteiger charge is 2.06. The Morgan fingerprint density at radius 2 is 0.784 bits per heavy atom. The minimum absolute atomic E-state index is 0.731. The van der Waals surface area contributed by atoms with Crippen LogP contribution in [-0.4, -0.2) is 38.6 Å². The molecule has 1 N–H and O–H groups in total. The van der Waals surface area contributed by atoms with Crippen molar-refractivity contribution >= 4 is 55.5 Å². The smallest absolute Gasteiger partial charge is 0.0514 e. The molecule has 0 aliphatic heterocycles. The highest BCUT2D eigenvalue weighted by atomic mass is 14.9. The minimum atomic E-state index is 0.731. The lowest BCUT2D eigenvalue weighted by atomic mass is 9.97. The number of benzene rings is 6. The Morgan fingerprint density at radius 3 is 1.14 bits per heavy atom. The lowest BCUT2D eigenvalue weighted by molar-refractivity contribution is 0.699. The lowest BCUT2D eigenvalue weighted by Crippen LogP contribution is -2.20. The quantitative estimate of drug-likeness (QED) is 0.138. The molecule has 0 bridgehead atoms. The highest BCUT2D eigenvalue weighted by Crippen LogP contribution is 2.28. The molecule has 0 amide bonds. The minimum Gasteiger partial charge on any atom is -0.313 e. The molecule has 3 heteroatoms. The number of rotatable bonds is 8. The van der Waals surface area contributed by atoms with Crippen LogP contribution in [0.4, 0.5) is 0 Å². The van der Waals surface area contributed by atoms with Crippen LogP contribution < -0.4 is 5.32 Å². The number of aliphatic imine (C=N–C) groups is 2. The fourth-order valence-electron chi connectivity index (χ4n) is 5.10. The molecule has 3 nitrogen and oxygen atoms in total. The topological polar surface area (TPSA) is 36.8 Å². The largest absolute Gasteiger partial charge is 0.313 e. The van der Waals surface area contributed by atoms with Crippen molar-refractivity contribution in [2.24, 2.45) is 9.98 Å². The zero-order valence-electron chi connectivity index (χ0n) is 20.8. The Bertz CT molecular complexity index is 1530. The van der Waals surface area contributed by atoms with Gasteiger partial charge in [-0.2, -0.15) is 0 Å². The van der Waals surface area contributed by atoms with E-state index < -0.39 is 0 Å². The molecule has 0 heterocycles. The van der Waals surface area contributed by atoms with E-state index in [9.17, 15) is 0 Å². The highest BCUT2D eigenvalue weighted by molar-refractivity contribution is 6.14. The summed E-state index contributed by atoms with van der Waals surface area (Å²) in [5.74, 6) is 0. The van der Waals surface area contributed by atoms with Crippen LogP contribution in [0.2, 0.25) is 0 Å². The van der Waals surface area contributed by atoms with Gasteiger partial charge in [0, 0.05) is 36.6 Å². The predicted molar refractivity (Wildman–Crippen MR) is 161 cm³/mol. The maximum absolute atomic E-state index is 4.75. The molecule has 0 saturated heterocycles. The van der Waals surface area contributed by atoms with Crippen LogP contribution in [0.3, 0.4) is 0 Å². The second kappa shape index (κ2) is 10.7. The number of fused-ring (bicyclic) bond motifs is 4. The lowest BCUT2D eigenvalue weighted by Gasteiger charge is -2.08. The van der Waals surface area contributed by atoms with Gasteiger partial charge in [0.1, 0.15) is 0 Å². The van der Waals surface area contributed by atoms with E-state index in [2.05, 4.69) is 115 Å². The van der Waals surface area contributed by atoms with Crippen molar-refractivity contribution in [2.75, 3.05) is 26.2 Å². The summed E-state index contributed by atoms with van der Waals surface area (Å²) in [5, 5.41) is 13.4. The molecule has 0 aromatic heterocycles. The summed E-state index contributed by atoms with van der Waals surface area (Å²) in [6.07, 6.45) is 4.08. The molecule has 0 radical (unpaired) electrons. The van der Waals surface area contributed by atoms with Gasteiger partial charge in [0.05, 0.1) is 13.1 Å². The third-order valence-corrected chi connectivity index (χ3v) is 6.90. The van der Waals surface area contributed by atoms with Crippen molar-refractivity contribution in [1.82, 2.24) is 5.32 Å². The van der Waals surface area contributed by atoms with E-state index in [0.29, 0.717) is 0 Å². The molecule has 6 aromatic carbocycles. The first-order valence-corrected chi connectivity index (χ1v) is 12.9. The van der Waals surface area contributed by atoms with E-state index in [1.54, 1.807) is 0 Å². The maximum atomic E-state index is 4.75. The Morgan fingerprint density at radius 1 is 0.459 bits per heavy atom. The van der Waals surface area contributed by atoms with Gasteiger partial charge in [-0.15, -0.1) is 0 Å². The van der Waals surface area contributed by atoms with Gasteiger partial charge in [0.25, 0.3) is 0 Å². The molecule has 0 spiro atoms. The predicted octanol–water partition coefficient (Wildman–Crippen LogP) is 7.43. The first-order chi connectivity index (χ1) is 18.4. The summed E-state index contributed by atoms with van der Waals surface area (Å²) in [6.45, 7) is 3.11. The van der Waals surface area contributed by atoms with E-state index in [-0.39, 0.29) is 0 Å². The second-order valence-electron chi connectivity index (χ2n) is 9.29. The van der Waals surface area contributed by atoms with Crippen LogP contribution in [0.1, 0.15) is 11.1 Å². The van der Waals surface area contributed by atoms with E-state index >= 15 is 0 Å². The maximum Gasteiger partial charge on any atom is 0.0514 e. The Balaban J connectivity index is 1.08. The summed E-state index contributed by atoms with van der Waals surface area (Å²) in [6, 6.07) is 38.6. The third-order valence-electron chi connectivity index (χ3n) is 6.90. The molecule has 0 saturated carbocycles. The van der Waals surface area contributed by atoms with Gasteiger partial charge in [0.15, 0.2) is 0 Å². The fourth-order valence-corrected chi connectivity index (χ4v) is 5.10. The molecule has 6 aromatic rings. The average Bonchev–Trinajstić information content (AvgIpc) is 2.95. The van der Waals surface area contributed by atoms with E-state index in [1.807, 2.05) is 12.4 Å². The number of nitrogens with one attached hydrogen (secondary N) is 1. The summed E-state index contributed by atoms with van der Waals surface area (Å²) in [5.41, 5.74) is 2.39. The van der Waals surface area contributed by atoms with Crippen molar-refractivity contribution in [1.29, 1.82) is 0 Å². The van der Waals surface area contributed by atoms with Gasteiger partial charge < -0.3 is 5.32 Å². The van der Waals surface area contributed by atoms with Crippen LogP contribution in [0.5, 0.6) is 0 Å². The Hall–Kier alpha value is -4.34.